The fourth-order valence-corrected chi connectivity index (χ4v) is 3.71. The number of carbonyl (C=O) groups excluding carboxylic acids is 1. The second-order valence-corrected chi connectivity index (χ2v) is 8.58. The van der Waals surface area contributed by atoms with Gasteiger partial charge < -0.3 is 36.1 Å². The van der Waals surface area contributed by atoms with E-state index in [9.17, 15) is 19.5 Å². The van der Waals surface area contributed by atoms with Gasteiger partial charge in [0.05, 0.1) is 7.11 Å². The summed E-state index contributed by atoms with van der Waals surface area (Å²) < 4.78 is 11.4. The average molecular weight is 535 g/mol. The Bertz CT molecular complexity index is 1310. The highest BCUT2D eigenvalue weighted by Gasteiger charge is 2.28. The van der Waals surface area contributed by atoms with Crippen LogP contribution in [-0.4, -0.2) is 47.0 Å². The number of carboxylic acid groups (broad SMARTS) is 2. The molecule has 3 aromatic rings. The van der Waals surface area contributed by atoms with Crippen LogP contribution in [0, 0.1) is 5.41 Å². The van der Waals surface area contributed by atoms with E-state index < -0.39 is 36.4 Å². The zero-order valence-corrected chi connectivity index (χ0v) is 21.2. The highest BCUT2D eigenvalue weighted by molar-refractivity contribution is 5.95. The Kier molecular flexibility index (Phi) is 9.85. The van der Waals surface area contributed by atoms with Crippen LogP contribution in [0.2, 0.25) is 0 Å². The van der Waals surface area contributed by atoms with Gasteiger partial charge in [0.1, 0.15) is 24.5 Å². The molecule has 0 bridgehead atoms. The number of benzene rings is 3. The number of nitrogens with one attached hydrogen (secondary N) is 3. The Morgan fingerprint density at radius 2 is 1.67 bits per heavy atom. The Hall–Kier alpha value is -5.06. The van der Waals surface area contributed by atoms with Crippen molar-refractivity contribution >= 4 is 29.4 Å². The molecule has 0 unspecified atom stereocenters. The van der Waals surface area contributed by atoms with Crippen molar-refractivity contribution in [3.63, 3.8) is 0 Å². The normalized spacial score (nSPS) is 12.0. The van der Waals surface area contributed by atoms with Crippen LogP contribution >= 0.6 is 0 Å². The lowest BCUT2D eigenvalue weighted by Crippen LogP contribution is -2.44. The van der Waals surface area contributed by atoms with Crippen LogP contribution in [0.3, 0.4) is 0 Å². The maximum atomic E-state index is 13.4. The van der Waals surface area contributed by atoms with Gasteiger partial charge in [-0.1, -0.05) is 36.4 Å². The molecule has 0 heterocycles. The van der Waals surface area contributed by atoms with Crippen LogP contribution in [0.15, 0.2) is 72.8 Å². The van der Waals surface area contributed by atoms with Crippen molar-refractivity contribution in [3.05, 3.63) is 89.5 Å². The summed E-state index contributed by atoms with van der Waals surface area (Å²) in [5.41, 5.74) is 7.91. The van der Waals surface area contributed by atoms with Gasteiger partial charge in [-0.15, -0.1) is 0 Å². The number of carbonyl (C=O) groups is 3. The molecule has 0 saturated heterocycles. The lowest BCUT2D eigenvalue weighted by Gasteiger charge is -2.23. The van der Waals surface area contributed by atoms with E-state index in [4.69, 9.17) is 25.7 Å². The number of anilines is 1. The topological polar surface area (TPSA) is 184 Å². The van der Waals surface area contributed by atoms with Gasteiger partial charge in [-0.25, -0.2) is 4.79 Å². The molecule has 3 rings (SSSR count). The van der Waals surface area contributed by atoms with E-state index in [2.05, 4.69) is 10.6 Å². The van der Waals surface area contributed by atoms with Crippen molar-refractivity contribution in [1.29, 1.82) is 5.41 Å². The van der Waals surface area contributed by atoms with E-state index in [-0.39, 0.29) is 12.3 Å². The third-order valence-electron chi connectivity index (χ3n) is 5.79. The number of ether oxygens (including phenoxy) is 2. The molecule has 3 aromatic carbocycles. The van der Waals surface area contributed by atoms with Gasteiger partial charge in [0.25, 0.3) is 0 Å². The second-order valence-electron chi connectivity index (χ2n) is 8.58. The van der Waals surface area contributed by atoms with Gasteiger partial charge in [-0.3, -0.25) is 15.0 Å². The standard InChI is InChI=1S/C28H30N4O7/c1-38-23-15-19(9-13-22(23)39-16-17-5-3-2-4-6-17)25(31-20-10-7-18(8-11-20)26(29)30)27(35)32-21(28(36)37)12-14-24(33)34/h2-11,13,15,21,25,31H,12,14,16H2,1H3,(H3,29,30)(H,32,35)(H,33,34)(H,36,37)/t21-,25+/m0/s1. The fraction of sp³-hybridized carbons (Fsp3) is 0.214. The van der Waals surface area contributed by atoms with Gasteiger partial charge in [-0.2, -0.15) is 0 Å². The van der Waals surface area contributed by atoms with Crippen molar-refractivity contribution in [2.75, 3.05) is 12.4 Å². The zero-order valence-electron chi connectivity index (χ0n) is 21.2. The molecule has 11 nitrogen and oxygen atoms in total. The van der Waals surface area contributed by atoms with Gasteiger partial charge in [0.2, 0.25) is 5.91 Å². The van der Waals surface area contributed by atoms with Gasteiger partial charge in [-0.05, 0) is 53.9 Å². The van der Waals surface area contributed by atoms with Crippen LogP contribution < -0.4 is 25.8 Å². The van der Waals surface area contributed by atoms with Crippen LogP contribution in [0.5, 0.6) is 11.5 Å². The number of nitrogens with two attached hydrogens (primary N) is 1. The highest BCUT2D eigenvalue weighted by atomic mass is 16.5. The summed E-state index contributed by atoms with van der Waals surface area (Å²) in [6, 6.07) is 18.4. The fourth-order valence-electron chi connectivity index (χ4n) is 3.71. The molecule has 0 aliphatic heterocycles. The molecule has 39 heavy (non-hydrogen) atoms. The number of nitrogen functional groups attached to an aromatic ring is 1. The Morgan fingerprint density at radius 1 is 0.974 bits per heavy atom. The molecule has 0 fully saturated rings. The number of hydrogen-bond acceptors (Lipinski definition) is 7. The molecule has 0 saturated carbocycles. The number of amidine groups is 1. The van der Waals surface area contributed by atoms with Gasteiger partial charge in [0, 0.05) is 17.7 Å². The SMILES string of the molecule is COc1cc([C@@H](Nc2ccc(C(=N)N)cc2)C(=O)N[C@@H](CCC(=O)O)C(=O)O)ccc1OCc1ccccc1. The first kappa shape index (κ1) is 28.5. The molecule has 2 atom stereocenters. The van der Waals surface area contributed by atoms with E-state index in [0.29, 0.717) is 34.9 Å². The summed E-state index contributed by atoms with van der Waals surface area (Å²) in [6.07, 6.45) is -0.713. The van der Waals surface area contributed by atoms with E-state index in [1.54, 1.807) is 42.5 Å². The van der Waals surface area contributed by atoms with Crippen molar-refractivity contribution in [3.8, 4) is 11.5 Å². The monoisotopic (exact) mass is 534 g/mol. The molecule has 0 aliphatic carbocycles. The number of carboxylic acids is 2. The number of hydrogen-bond donors (Lipinski definition) is 6. The summed E-state index contributed by atoms with van der Waals surface area (Å²) in [7, 11) is 1.46. The molecule has 0 spiro atoms. The summed E-state index contributed by atoms with van der Waals surface area (Å²) in [4.78, 5) is 36.0. The molecular formula is C28H30N4O7. The van der Waals surface area contributed by atoms with E-state index >= 15 is 0 Å². The summed E-state index contributed by atoms with van der Waals surface area (Å²) in [5, 5.41) is 31.5. The van der Waals surface area contributed by atoms with Crippen LogP contribution in [0.25, 0.3) is 0 Å². The Morgan fingerprint density at radius 3 is 2.26 bits per heavy atom. The van der Waals surface area contributed by atoms with Crippen LogP contribution in [0.4, 0.5) is 5.69 Å². The van der Waals surface area contributed by atoms with Crippen molar-refractivity contribution in [2.45, 2.75) is 31.5 Å². The van der Waals surface area contributed by atoms with E-state index in [0.717, 1.165) is 5.56 Å². The predicted molar refractivity (Wildman–Crippen MR) is 144 cm³/mol. The maximum Gasteiger partial charge on any atom is 0.326 e. The number of aliphatic carboxylic acids is 2. The zero-order chi connectivity index (χ0) is 28.4. The van der Waals surface area contributed by atoms with Gasteiger partial charge in [0.15, 0.2) is 11.5 Å². The first-order valence-electron chi connectivity index (χ1n) is 12.0. The smallest absolute Gasteiger partial charge is 0.326 e. The minimum atomic E-state index is -1.41. The first-order chi connectivity index (χ1) is 18.7. The molecule has 0 aliphatic rings. The summed E-state index contributed by atoms with van der Waals surface area (Å²) >= 11 is 0. The molecule has 0 radical (unpaired) electrons. The largest absolute Gasteiger partial charge is 0.493 e. The summed E-state index contributed by atoms with van der Waals surface area (Å²) in [5.74, 6) is -2.53. The highest BCUT2D eigenvalue weighted by Crippen LogP contribution is 2.32. The molecule has 0 aromatic heterocycles. The van der Waals surface area contributed by atoms with Crippen molar-refractivity contribution in [2.24, 2.45) is 5.73 Å². The molecule has 1 amide bonds. The third-order valence-corrected chi connectivity index (χ3v) is 5.79. The van der Waals surface area contributed by atoms with Crippen LogP contribution in [0.1, 0.15) is 35.6 Å². The Labute approximate surface area is 225 Å². The van der Waals surface area contributed by atoms with Crippen LogP contribution in [-0.2, 0) is 21.0 Å². The van der Waals surface area contributed by atoms with E-state index in [1.807, 2.05) is 30.3 Å². The van der Waals surface area contributed by atoms with Gasteiger partial charge >= 0.3 is 11.9 Å². The molecular weight excluding hydrogens is 504 g/mol. The lowest BCUT2D eigenvalue weighted by molar-refractivity contribution is -0.143. The Balaban J connectivity index is 1.89. The molecule has 7 N–H and O–H groups in total. The first-order valence-corrected chi connectivity index (χ1v) is 12.0. The number of amides is 1. The van der Waals surface area contributed by atoms with E-state index in [1.165, 1.54) is 7.11 Å². The minimum Gasteiger partial charge on any atom is -0.493 e. The second kappa shape index (κ2) is 13.5. The number of methoxy groups -OCH3 is 1. The average Bonchev–Trinajstić information content (AvgIpc) is 2.93. The third kappa shape index (κ3) is 8.22. The quantitative estimate of drug-likeness (QED) is 0.134. The van der Waals surface area contributed by atoms with Crippen molar-refractivity contribution < 1.29 is 34.1 Å². The summed E-state index contributed by atoms with van der Waals surface area (Å²) in [6.45, 7) is 0.297. The number of rotatable bonds is 14. The molecule has 11 heteroatoms. The maximum absolute atomic E-state index is 13.4. The predicted octanol–water partition coefficient (Wildman–Crippen LogP) is 3.15. The minimum absolute atomic E-state index is 0.116. The van der Waals surface area contributed by atoms with Crippen molar-refractivity contribution in [1.82, 2.24) is 5.32 Å². The molecule has 204 valence electrons. The lowest BCUT2D eigenvalue weighted by atomic mass is 10.0.